The van der Waals surface area contributed by atoms with Crippen molar-refractivity contribution in [3.63, 3.8) is 0 Å². The van der Waals surface area contributed by atoms with Crippen molar-refractivity contribution in [1.29, 1.82) is 0 Å². The Kier molecular flexibility index (Phi) is 3.24. The molecule has 0 aliphatic carbocycles. The van der Waals surface area contributed by atoms with Crippen LogP contribution in [-0.4, -0.2) is 16.1 Å². The van der Waals surface area contributed by atoms with Gasteiger partial charge in [-0.05, 0) is 42.5 Å². The maximum Gasteiger partial charge on any atom is 0.153 e. The highest BCUT2D eigenvalue weighted by Crippen LogP contribution is 2.27. The number of aldehydes is 1. The highest BCUT2D eigenvalue weighted by atomic mass is 32.1. The van der Waals surface area contributed by atoms with Crippen LogP contribution in [0.2, 0.25) is 0 Å². The summed E-state index contributed by atoms with van der Waals surface area (Å²) in [5.74, 6) is 0. The summed E-state index contributed by atoms with van der Waals surface area (Å²) in [5, 5.41) is 6.58. The highest BCUT2D eigenvalue weighted by molar-refractivity contribution is 7.13. The van der Waals surface area contributed by atoms with Gasteiger partial charge in [0.05, 0.1) is 16.1 Å². The molecule has 2 heterocycles. The quantitative estimate of drug-likeness (QED) is 0.680. The fraction of sp³-hybridized carbons (Fsp3) is 0.125. The van der Waals surface area contributed by atoms with Gasteiger partial charge in [-0.15, -0.1) is 11.3 Å². The number of nitrogens with zero attached hydrogens (tertiary/aromatic N) is 2. The molecule has 0 spiro atoms. The van der Waals surface area contributed by atoms with Crippen LogP contribution in [0, 0.1) is 13.8 Å². The molecule has 0 amide bonds. The summed E-state index contributed by atoms with van der Waals surface area (Å²) < 4.78 is 1.79. The number of thiophene rings is 1. The van der Waals surface area contributed by atoms with Crippen molar-refractivity contribution >= 4 is 17.6 Å². The summed E-state index contributed by atoms with van der Waals surface area (Å²) in [6.07, 6.45) is 2.66. The molecule has 0 unspecified atom stereocenters. The third-order valence-electron chi connectivity index (χ3n) is 3.24. The van der Waals surface area contributed by atoms with Crippen molar-refractivity contribution in [2.75, 3.05) is 0 Å². The second-order valence-electron chi connectivity index (χ2n) is 4.76. The molecular formula is C16H14N2OS. The predicted octanol–water partition coefficient (Wildman–Crippen LogP) is 4.03. The lowest BCUT2D eigenvalue weighted by Crippen LogP contribution is -1.98. The Bertz CT molecular complexity index is 757. The maximum absolute atomic E-state index is 11.3. The molecule has 0 radical (unpaired) electrons. The Labute approximate surface area is 121 Å². The van der Waals surface area contributed by atoms with Crippen LogP contribution in [0.4, 0.5) is 0 Å². The third kappa shape index (κ3) is 2.18. The van der Waals surface area contributed by atoms with Gasteiger partial charge in [-0.3, -0.25) is 4.79 Å². The van der Waals surface area contributed by atoms with E-state index in [0.717, 1.165) is 28.1 Å². The van der Waals surface area contributed by atoms with Crippen molar-refractivity contribution in [1.82, 2.24) is 9.78 Å². The van der Waals surface area contributed by atoms with E-state index in [1.54, 1.807) is 22.2 Å². The summed E-state index contributed by atoms with van der Waals surface area (Å²) in [6, 6.07) is 10.2. The second kappa shape index (κ2) is 5.06. The largest absolute Gasteiger partial charge is 0.298 e. The van der Waals surface area contributed by atoms with Crippen molar-refractivity contribution < 1.29 is 4.79 Å². The zero-order valence-electron chi connectivity index (χ0n) is 11.3. The van der Waals surface area contributed by atoms with E-state index in [2.05, 4.69) is 23.3 Å². The first kappa shape index (κ1) is 12.8. The SMILES string of the molecule is Cc1ccc(C)c(-n2cc(C=O)c(-c3cccs3)n2)c1. The van der Waals surface area contributed by atoms with Crippen molar-refractivity contribution in [2.45, 2.75) is 13.8 Å². The van der Waals surface area contributed by atoms with Gasteiger partial charge >= 0.3 is 0 Å². The summed E-state index contributed by atoms with van der Waals surface area (Å²) in [5.41, 5.74) is 4.68. The van der Waals surface area contributed by atoms with E-state index in [4.69, 9.17) is 0 Å². The summed E-state index contributed by atoms with van der Waals surface area (Å²) in [4.78, 5) is 12.3. The zero-order chi connectivity index (χ0) is 14.1. The molecule has 100 valence electrons. The molecule has 3 rings (SSSR count). The van der Waals surface area contributed by atoms with Gasteiger partial charge in [0.15, 0.2) is 6.29 Å². The van der Waals surface area contributed by atoms with Crippen LogP contribution in [0.25, 0.3) is 16.3 Å². The molecule has 0 bridgehead atoms. The number of hydrogen-bond acceptors (Lipinski definition) is 3. The monoisotopic (exact) mass is 282 g/mol. The molecule has 0 fully saturated rings. The van der Waals surface area contributed by atoms with Crippen LogP contribution in [0.3, 0.4) is 0 Å². The minimum atomic E-state index is 0.619. The normalized spacial score (nSPS) is 10.7. The number of hydrogen-bond donors (Lipinski definition) is 0. The molecule has 3 nitrogen and oxygen atoms in total. The summed E-state index contributed by atoms with van der Waals surface area (Å²) in [6.45, 7) is 4.09. The Morgan fingerprint density at radius 1 is 1.25 bits per heavy atom. The van der Waals surface area contributed by atoms with E-state index in [9.17, 15) is 4.79 Å². The first-order valence-corrected chi connectivity index (χ1v) is 7.23. The fourth-order valence-corrected chi connectivity index (χ4v) is 2.90. The minimum Gasteiger partial charge on any atom is -0.298 e. The Hall–Kier alpha value is -2.20. The van der Waals surface area contributed by atoms with Crippen LogP contribution in [0.1, 0.15) is 21.5 Å². The van der Waals surface area contributed by atoms with Crippen molar-refractivity contribution in [2.24, 2.45) is 0 Å². The summed E-state index contributed by atoms with van der Waals surface area (Å²) in [7, 11) is 0. The van der Waals surface area contributed by atoms with E-state index >= 15 is 0 Å². The molecule has 0 saturated heterocycles. The van der Waals surface area contributed by atoms with Gasteiger partial charge in [-0.25, -0.2) is 4.68 Å². The maximum atomic E-state index is 11.3. The summed E-state index contributed by atoms with van der Waals surface area (Å²) >= 11 is 1.59. The molecule has 0 atom stereocenters. The number of carbonyl (C=O) groups is 1. The molecule has 3 aromatic rings. The molecule has 0 aliphatic heterocycles. The van der Waals surface area contributed by atoms with Gasteiger partial charge in [0.1, 0.15) is 5.69 Å². The van der Waals surface area contributed by atoms with E-state index in [1.807, 2.05) is 31.4 Å². The molecule has 0 saturated carbocycles. The van der Waals surface area contributed by atoms with Gasteiger partial charge < -0.3 is 0 Å². The Morgan fingerprint density at radius 3 is 2.80 bits per heavy atom. The van der Waals surface area contributed by atoms with Crippen LogP contribution in [0.15, 0.2) is 41.9 Å². The molecule has 0 N–H and O–H groups in total. The third-order valence-corrected chi connectivity index (χ3v) is 4.11. The number of aryl methyl sites for hydroxylation is 2. The number of carbonyl (C=O) groups excluding carboxylic acids is 1. The van der Waals surface area contributed by atoms with Gasteiger partial charge in [-0.2, -0.15) is 5.10 Å². The predicted molar refractivity (Wildman–Crippen MR) is 81.7 cm³/mol. The lowest BCUT2D eigenvalue weighted by Gasteiger charge is -2.06. The topological polar surface area (TPSA) is 34.9 Å². The lowest BCUT2D eigenvalue weighted by atomic mass is 10.1. The standard InChI is InChI=1S/C16H14N2OS/c1-11-5-6-12(2)14(8-11)18-9-13(10-19)16(17-18)15-4-3-7-20-15/h3-10H,1-2H3. The lowest BCUT2D eigenvalue weighted by molar-refractivity contribution is 0.112. The molecular weight excluding hydrogens is 268 g/mol. The first-order valence-electron chi connectivity index (χ1n) is 6.35. The van der Waals surface area contributed by atoms with E-state index in [-0.39, 0.29) is 0 Å². The van der Waals surface area contributed by atoms with Crippen LogP contribution in [-0.2, 0) is 0 Å². The Balaban J connectivity index is 2.16. The molecule has 20 heavy (non-hydrogen) atoms. The van der Waals surface area contributed by atoms with Gasteiger partial charge in [-0.1, -0.05) is 18.2 Å². The van der Waals surface area contributed by atoms with Crippen LogP contribution in [0.5, 0.6) is 0 Å². The number of aromatic nitrogens is 2. The van der Waals surface area contributed by atoms with Gasteiger partial charge in [0.25, 0.3) is 0 Å². The molecule has 4 heteroatoms. The molecule has 1 aromatic carbocycles. The number of benzene rings is 1. The first-order chi connectivity index (χ1) is 9.69. The average molecular weight is 282 g/mol. The smallest absolute Gasteiger partial charge is 0.153 e. The van der Waals surface area contributed by atoms with Gasteiger partial charge in [0, 0.05) is 6.20 Å². The van der Waals surface area contributed by atoms with Crippen molar-refractivity contribution in [3.05, 3.63) is 58.6 Å². The van der Waals surface area contributed by atoms with E-state index in [0.29, 0.717) is 5.56 Å². The zero-order valence-corrected chi connectivity index (χ0v) is 12.1. The van der Waals surface area contributed by atoms with E-state index < -0.39 is 0 Å². The van der Waals surface area contributed by atoms with Crippen LogP contribution < -0.4 is 0 Å². The average Bonchev–Trinajstić information content (AvgIpc) is 3.09. The van der Waals surface area contributed by atoms with Crippen molar-refractivity contribution in [3.8, 4) is 16.3 Å². The second-order valence-corrected chi connectivity index (χ2v) is 5.71. The molecule has 0 aliphatic rings. The van der Waals surface area contributed by atoms with Gasteiger partial charge in [0.2, 0.25) is 0 Å². The highest BCUT2D eigenvalue weighted by Gasteiger charge is 2.13. The Morgan fingerprint density at radius 2 is 2.10 bits per heavy atom. The van der Waals surface area contributed by atoms with Crippen LogP contribution >= 0.6 is 11.3 Å². The number of rotatable bonds is 3. The van der Waals surface area contributed by atoms with E-state index in [1.165, 1.54) is 5.56 Å². The fourth-order valence-electron chi connectivity index (χ4n) is 2.17. The molecule has 2 aromatic heterocycles. The minimum absolute atomic E-state index is 0.619.